The lowest BCUT2D eigenvalue weighted by molar-refractivity contribution is -0.142. The Morgan fingerprint density at radius 2 is 2.00 bits per heavy atom. The van der Waals surface area contributed by atoms with E-state index in [1.54, 1.807) is 13.8 Å². The molecule has 2 saturated heterocycles. The van der Waals surface area contributed by atoms with Crippen LogP contribution >= 0.6 is 0 Å². The highest BCUT2D eigenvalue weighted by Gasteiger charge is 2.36. The lowest BCUT2D eigenvalue weighted by Gasteiger charge is -2.36. The van der Waals surface area contributed by atoms with Crippen molar-refractivity contribution in [2.75, 3.05) is 24.5 Å². The first-order valence-corrected chi connectivity index (χ1v) is 8.25. The van der Waals surface area contributed by atoms with Gasteiger partial charge in [0.25, 0.3) is 0 Å². The zero-order valence-electron chi connectivity index (χ0n) is 13.7. The van der Waals surface area contributed by atoms with Crippen molar-refractivity contribution in [1.29, 1.82) is 0 Å². The van der Waals surface area contributed by atoms with E-state index in [1.165, 1.54) is 0 Å². The fourth-order valence-electron chi connectivity index (χ4n) is 3.53. The van der Waals surface area contributed by atoms with Gasteiger partial charge in [-0.25, -0.2) is 0 Å². The third-order valence-electron chi connectivity index (χ3n) is 5.21. The molecule has 23 heavy (non-hydrogen) atoms. The molecular weight excluding hydrogens is 292 g/mol. The van der Waals surface area contributed by atoms with Gasteiger partial charge < -0.3 is 15.3 Å². The second kappa shape index (κ2) is 5.96. The highest BCUT2D eigenvalue weighted by atomic mass is 16.4. The molecule has 0 aliphatic carbocycles. The number of hydrogen-bond acceptors (Lipinski definition) is 3. The van der Waals surface area contributed by atoms with Crippen LogP contribution in [0.15, 0.2) is 24.3 Å². The highest BCUT2D eigenvalue weighted by molar-refractivity contribution is 5.96. The van der Waals surface area contributed by atoms with E-state index in [0.717, 1.165) is 43.7 Å². The summed E-state index contributed by atoms with van der Waals surface area (Å²) in [7, 11) is 0. The molecule has 2 N–H and O–H groups in total. The Hall–Kier alpha value is -1.88. The maximum atomic E-state index is 12.7. The number of amides is 1. The van der Waals surface area contributed by atoms with Crippen molar-refractivity contribution in [3.8, 4) is 0 Å². The minimum atomic E-state index is -0.928. The fraction of sp³-hybridized carbons (Fsp3) is 0.556. The molecule has 0 aromatic heterocycles. The van der Waals surface area contributed by atoms with Crippen LogP contribution < -0.4 is 10.2 Å². The number of hydrogen-bond donors (Lipinski definition) is 2. The minimum absolute atomic E-state index is 0.110. The minimum Gasteiger partial charge on any atom is -0.481 e. The first-order valence-electron chi connectivity index (χ1n) is 8.25. The molecule has 124 valence electrons. The average Bonchev–Trinajstić information content (AvgIpc) is 2.74. The van der Waals surface area contributed by atoms with Gasteiger partial charge in [-0.3, -0.25) is 9.59 Å². The molecule has 2 bridgehead atoms. The molecule has 2 aliphatic heterocycles. The Morgan fingerprint density at radius 3 is 2.65 bits per heavy atom. The number of fused-ring (bicyclic) bond motifs is 2. The highest BCUT2D eigenvalue weighted by Crippen LogP contribution is 2.32. The van der Waals surface area contributed by atoms with Crippen molar-refractivity contribution in [1.82, 2.24) is 5.32 Å². The fourth-order valence-corrected chi connectivity index (χ4v) is 3.53. The first kappa shape index (κ1) is 16.0. The Labute approximate surface area is 136 Å². The van der Waals surface area contributed by atoms with Gasteiger partial charge in [-0.05, 0) is 63.4 Å². The van der Waals surface area contributed by atoms with Crippen molar-refractivity contribution in [3.63, 3.8) is 0 Å². The maximum Gasteiger partial charge on any atom is 0.313 e. The Kier molecular flexibility index (Phi) is 4.15. The molecule has 2 atom stereocenters. The predicted molar refractivity (Wildman–Crippen MR) is 88.5 cm³/mol. The van der Waals surface area contributed by atoms with Gasteiger partial charge in [-0.15, -0.1) is 0 Å². The number of nitrogens with one attached hydrogen (secondary N) is 1. The van der Waals surface area contributed by atoms with Gasteiger partial charge in [0.05, 0.1) is 5.41 Å². The molecule has 5 nitrogen and oxygen atoms in total. The predicted octanol–water partition coefficient (Wildman–Crippen LogP) is 2.01. The van der Waals surface area contributed by atoms with E-state index in [4.69, 9.17) is 0 Å². The van der Waals surface area contributed by atoms with Crippen LogP contribution in [0.5, 0.6) is 0 Å². The summed E-state index contributed by atoms with van der Waals surface area (Å²) in [5, 5.41) is 12.7. The molecule has 1 amide bonds. The lowest BCUT2D eigenvalue weighted by atomic mass is 9.84. The number of carboxylic acid groups (broad SMARTS) is 1. The molecule has 0 radical (unpaired) electrons. The molecule has 5 heteroatoms. The number of carbonyl (C=O) groups is 2. The average molecular weight is 316 g/mol. The number of carbonyl (C=O) groups excluding carboxylic acids is 1. The third-order valence-corrected chi connectivity index (χ3v) is 5.21. The van der Waals surface area contributed by atoms with Crippen LogP contribution in [-0.2, 0) is 15.0 Å². The van der Waals surface area contributed by atoms with E-state index in [2.05, 4.69) is 5.32 Å². The zero-order valence-corrected chi connectivity index (χ0v) is 13.7. The number of rotatable bonds is 3. The van der Waals surface area contributed by atoms with E-state index < -0.39 is 11.4 Å². The van der Waals surface area contributed by atoms with Crippen LogP contribution in [0.4, 0.5) is 5.69 Å². The van der Waals surface area contributed by atoms with Gasteiger partial charge in [0.15, 0.2) is 0 Å². The van der Waals surface area contributed by atoms with Crippen molar-refractivity contribution >= 4 is 17.6 Å². The molecule has 2 aliphatic rings. The molecule has 1 aromatic carbocycles. The van der Waals surface area contributed by atoms with Gasteiger partial charge in [-0.1, -0.05) is 12.1 Å². The molecule has 0 saturated carbocycles. The summed E-state index contributed by atoms with van der Waals surface area (Å²) < 4.78 is 0. The van der Waals surface area contributed by atoms with E-state index >= 15 is 0 Å². The van der Waals surface area contributed by atoms with E-state index in [1.807, 2.05) is 29.2 Å². The molecule has 1 aromatic rings. The zero-order chi connectivity index (χ0) is 16.6. The number of aliphatic carboxylic acids is 1. The van der Waals surface area contributed by atoms with Gasteiger partial charge in [0, 0.05) is 18.2 Å². The topological polar surface area (TPSA) is 69.6 Å². The number of carboxylic acids is 1. The van der Waals surface area contributed by atoms with Gasteiger partial charge in [0.2, 0.25) is 5.91 Å². The van der Waals surface area contributed by atoms with Crippen LogP contribution in [0.1, 0.15) is 32.3 Å². The number of piperidine rings is 1. The monoisotopic (exact) mass is 316 g/mol. The number of benzene rings is 1. The van der Waals surface area contributed by atoms with Gasteiger partial charge >= 0.3 is 5.97 Å². The van der Waals surface area contributed by atoms with E-state index in [0.29, 0.717) is 5.92 Å². The van der Waals surface area contributed by atoms with Crippen molar-refractivity contribution in [2.45, 2.75) is 32.1 Å². The molecule has 2 fully saturated rings. The largest absolute Gasteiger partial charge is 0.481 e. The SMILES string of the molecule is CC(C)(C(=O)O)c1ccc(N2C[C@@H]3CNCCC(C3)C2=O)cc1. The normalized spacial score (nSPS) is 25.1. The van der Waals surface area contributed by atoms with Crippen LogP contribution in [0.2, 0.25) is 0 Å². The van der Waals surface area contributed by atoms with Crippen molar-refractivity contribution in [2.24, 2.45) is 11.8 Å². The van der Waals surface area contributed by atoms with Crippen molar-refractivity contribution in [3.05, 3.63) is 29.8 Å². The molecule has 0 spiro atoms. The Balaban J connectivity index is 1.84. The van der Waals surface area contributed by atoms with Gasteiger partial charge in [0.1, 0.15) is 0 Å². The first-order chi connectivity index (χ1) is 10.9. The van der Waals surface area contributed by atoms with E-state index in [-0.39, 0.29) is 11.8 Å². The smallest absolute Gasteiger partial charge is 0.313 e. The molecule has 2 heterocycles. The van der Waals surface area contributed by atoms with Crippen LogP contribution in [0.3, 0.4) is 0 Å². The summed E-state index contributed by atoms with van der Waals surface area (Å²) in [5.41, 5.74) is 0.691. The molecule has 1 unspecified atom stereocenters. The summed E-state index contributed by atoms with van der Waals surface area (Å²) in [6, 6.07) is 7.41. The number of anilines is 1. The van der Waals surface area contributed by atoms with E-state index in [9.17, 15) is 14.7 Å². The molecule has 3 rings (SSSR count). The molecular formula is C18H24N2O3. The summed E-state index contributed by atoms with van der Waals surface area (Å²) >= 11 is 0. The standard InChI is InChI=1S/C18H24N2O3/c1-18(2,17(22)23)14-3-5-15(6-4-14)20-11-12-9-13(16(20)21)7-8-19-10-12/h3-6,12-13,19H,7-11H2,1-2H3,(H,22,23)/t12-,13?/m0/s1. The van der Waals surface area contributed by atoms with Crippen LogP contribution in [-0.4, -0.2) is 36.6 Å². The second-order valence-corrected chi connectivity index (χ2v) is 7.22. The Morgan fingerprint density at radius 1 is 1.30 bits per heavy atom. The number of nitrogens with zero attached hydrogens (tertiary/aromatic N) is 1. The van der Waals surface area contributed by atoms with Gasteiger partial charge in [-0.2, -0.15) is 0 Å². The summed E-state index contributed by atoms with van der Waals surface area (Å²) in [6.45, 7) is 5.99. The summed E-state index contributed by atoms with van der Waals surface area (Å²) in [5.74, 6) is -0.0409. The quantitative estimate of drug-likeness (QED) is 0.895. The second-order valence-electron chi connectivity index (χ2n) is 7.22. The van der Waals surface area contributed by atoms with Crippen LogP contribution in [0, 0.1) is 11.8 Å². The summed E-state index contributed by atoms with van der Waals surface area (Å²) in [4.78, 5) is 25.9. The summed E-state index contributed by atoms with van der Waals surface area (Å²) in [6.07, 6.45) is 1.88. The lowest BCUT2D eigenvalue weighted by Crippen LogP contribution is -2.46. The Bertz CT molecular complexity index is 609. The maximum absolute atomic E-state index is 12.7. The van der Waals surface area contributed by atoms with Crippen molar-refractivity contribution < 1.29 is 14.7 Å². The third kappa shape index (κ3) is 2.98. The van der Waals surface area contributed by atoms with Crippen LogP contribution in [0.25, 0.3) is 0 Å².